The molecule has 3 nitrogen and oxygen atoms in total. The number of nitrogens with zero attached hydrogens (tertiary/aromatic N) is 1. The second-order valence-corrected chi connectivity index (χ2v) is 3.80. The van der Waals surface area contributed by atoms with Crippen molar-refractivity contribution in [2.75, 3.05) is 32.7 Å². The molecule has 0 spiro atoms. The molecule has 1 saturated heterocycles. The van der Waals surface area contributed by atoms with Gasteiger partial charge in [-0.25, -0.2) is 0 Å². The van der Waals surface area contributed by atoms with Crippen molar-refractivity contribution in [1.29, 1.82) is 0 Å². The quantitative estimate of drug-likeness (QED) is 0.661. The summed E-state index contributed by atoms with van der Waals surface area (Å²) in [5.41, 5.74) is 1.06. The van der Waals surface area contributed by atoms with Gasteiger partial charge in [-0.2, -0.15) is 0 Å². The molecule has 0 aliphatic carbocycles. The average Bonchev–Trinajstić information content (AvgIpc) is 2.15. The van der Waals surface area contributed by atoms with Gasteiger partial charge in [0.25, 0.3) is 0 Å². The highest BCUT2D eigenvalue weighted by Gasteiger charge is 2.15. The molecule has 1 fully saturated rings. The van der Waals surface area contributed by atoms with Crippen molar-refractivity contribution in [2.24, 2.45) is 0 Å². The van der Waals surface area contributed by atoms with Crippen LogP contribution in [0.1, 0.15) is 13.8 Å². The largest absolute Gasteiger partial charge is 0.387 e. The summed E-state index contributed by atoms with van der Waals surface area (Å²) in [6.07, 6.45) is 0. The molecule has 1 rings (SSSR count). The fourth-order valence-electron chi connectivity index (χ4n) is 1.57. The van der Waals surface area contributed by atoms with Crippen LogP contribution in [-0.4, -0.2) is 43.7 Å². The average molecular weight is 183 g/mol. The van der Waals surface area contributed by atoms with E-state index in [0.29, 0.717) is 6.04 Å². The van der Waals surface area contributed by atoms with Crippen LogP contribution in [0, 0.1) is 0 Å². The molecule has 0 amide bonds. The van der Waals surface area contributed by atoms with E-state index >= 15 is 0 Å². The van der Waals surface area contributed by atoms with Crippen LogP contribution in [0.5, 0.6) is 0 Å². The van der Waals surface area contributed by atoms with E-state index in [1.165, 1.54) is 13.1 Å². The lowest BCUT2D eigenvalue weighted by Gasteiger charge is -2.33. The Morgan fingerprint density at radius 3 is 2.69 bits per heavy atom. The van der Waals surface area contributed by atoms with Gasteiger partial charge in [-0.1, -0.05) is 6.58 Å². The molecular formula is C10H21N3. The van der Waals surface area contributed by atoms with Crippen molar-refractivity contribution in [2.45, 2.75) is 19.9 Å². The number of nitrogens with one attached hydrogen (secondary N) is 2. The van der Waals surface area contributed by atoms with Crippen molar-refractivity contribution in [3.05, 3.63) is 12.3 Å². The maximum Gasteiger partial charge on any atom is 0.0297 e. The zero-order chi connectivity index (χ0) is 9.68. The standard InChI is InChI=1S/C10H21N3/c1-9(2)12-8-10(3)13-6-4-11-5-7-13/h10-12H,1,4-8H2,2-3H3. The van der Waals surface area contributed by atoms with E-state index in [4.69, 9.17) is 0 Å². The first kappa shape index (κ1) is 10.5. The Labute approximate surface area is 81.2 Å². The first-order valence-corrected chi connectivity index (χ1v) is 5.04. The molecule has 0 aromatic rings. The summed E-state index contributed by atoms with van der Waals surface area (Å²) >= 11 is 0. The number of allylic oxidation sites excluding steroid dienone is 1. The van der Waals surface area contributed by atoms with Gasteiger partial charge in [0.1, 0.15) is 0 Å². The van der Waals surface area contributed by atoms with Crippen LogP contribution < -0.4 is 10.6 Å². The Morgan fingerprint density at radius 1 is 1.54 bits per heavy atom. The molecular weight excluding hydrogens is 162 g/mol. The summed E-state index contributed by atoms with van der Waals surface area (Å²) in [4.78, 5) is 2.51. The predicted octanol–water partition coefficient (Wildman–Crippen LogP) is 0.403. The van der Waals surface area contributed by atoms with Crippen LogP contribution in [-0.2, 0) is 0 Å². The molecule has 13 heavy (non-hydrogen) atoms. The molecule has 3 heteroatoms. The van der Waals surface area contributed by atoms with Crippen molar-refractivity contribution in [3.8, 4) is 0 Å². The van der Waals surface area contributed by atoms with Crippen LogP contribution >= 0.6 is 0 Å². The molecule has 1 heterocycles. The Kier molecular flexibility index (Phi) is 4.25. The summed E-state index contributed by atoms with van der Waals surface area (Å²) in [6.45, 7) is 13.7. The number of piperazine rings is 1. The summed E-state index contributed by atoms with van der Waals surface area (Å²) in [7, 11) is 0. The van der Waals surface area contributed by atoms with E-state index in [2.05, 4.69) is 29.0 Å². The minimum absolute atomic E-state index is 0.610. The van der Waals surface area contributed by atoms with Crippen molar-refractivity contribution in [3.63, 3.8) is 0 Å². The van der Waals surface area contributed by atoms with Gasteiger partial charge in [0, 0.05) is 44.5 Å². The lowest BCUT2D eigenvalue weighted by molar-refractivity contribution is 0.183. The van der Waals surface area contributed by atoms with Crippen molar-refractivity contribution in [1.82, 2.24) is 15.5 Å². The van der Waals surface area contributed by atoms with Crippen LogP contribution in [0.2, 0.25) is 0 Å². The third kappa shape index (κ3) is 3.79. The highest BCUT2D eigenvalue weighted by Crippen LogP contribution is 1.99. The second kappa shape index (κ2) is 5.25. The second-order valence-electron chi connectivity index (χ2n) is 3.80. The molecule has 0 aromatic carbocycles. The van der Waals surface area contributed by atoms with Gasteiger partial charge in [0.15, 0.2) is 0 Å². The molecule has 0 aromatic heterocycles. The van der Waals surface area contributed by atoms with E-state index in [0.717, 1.165) is 25.3 Å². The molecule has 2 N–H and O–H groups in total. The third-order valence-corrected chi connectivity index (χ3v) is 2.47. The third-order valence-electron chi connectivity index (χ3n) is 2.47. The maximum absolute atomic E-state index is 3.83. The summed E-state index contributed by atoms with van der Waals surface area (Å²) in [5.74, 6) is 0. The monoisotopic (exact) mass is 183 g/mol. The Hall–Kier alpha value is -0.540. The molecule has 1 atom stereocenters. The maximum atomic E-state index is 3.83. The smallest absolute Gasteiger partial charge is 0.0297 e. The van der Waals surface area contributed by atoms with Crippen LogP contribution in [0.4, 0.5) is 0 Å². The van der Waals surface area contributed by atoms with E-state index in [-0.39, 0.29) is 0 Å². The first-order chi connectivity index (χ1) is 6.20. The van der Waals surface area contributed by atoms with Gasteiger partial charge in [0.05, 0.1) is 0 Å². The van der Waals surface area contributed by atoms with Crippen LogP contribution in [0.15, 0.2) is 12.3 Å². The normalized spacial score (nSPS) is 21.1. The van der Waals surface area contributed by atoms with E-state index in [1.54, 1.807) is 0 Å². The summed E-state index contributed by atoms with van der Waals surface area (Å²) in [6, 6.07) is 0.610. The zero-order valence-corrected chi connectivity index (χ0v) is 8.77. The number of rotatable bonds is 4. The van der Waals surface area contributed by atoms with E-state index in [1.807, 2.05) is 6.92 Å². The Bertz CT molecular complexity index is 162. The summed E-state index contributed by atoms with van der Waals surface area (Å²) in [5, 5.41) is 6.64. The number of hydrogen-bond acceptors (Lipinski definition) is 3. The predicted molar refractivity (Wildman–Crippen MR) is 56.7 cm³/mol. The highest BCUT2D eigenvalue weighted by molar-refractivity contribution is 4.86. The molecule has 0 bridgehead atoms. The van der Waals surface area contributed by atoms with Crippen LogP contribution in [0.25, 0.3) is 0 Å². The van der Waals surface area contributed by atoms with Gasteiger partial charge in [-0.05, 0) is 13.8 Å². The Morgan fingerprint density at radius 2 is 2.15 bits per heavy atom. The molecule has 76 valence electrons. The lowest BCUT2D eigenvalue weighted by Crippen LogP contribution is -2.50. The van der Waals surface area contributed by atoms with Crippen molar-refractivity contribution < 1.29 is 0 Å². The van der Waals surface area contributed by atoms with Gasteiger partial charge >= 0.3 is 0 Å². The van der Waals surface area contributed by atoms with Gasteiger partial charge in [0.2, 0.25) is 0 Å². The van der Waals surface area contributed by atoms with E-state index in [9.17, 15) is 0 Å². The van der Waals surface area contributed by atoms with Gasteiger partial charge in [-0.15, -0.1) is 0 Å². The molecule has 1 unspecified atom stereocenters. The zero-order valence-electron chi connectivity index (χ0n) is 8.77. The van der Waals surface area contributed by atoms with Crippen LogP contribution in [0.3, 0.4) is 0 Å². The number of hydrogen-bond donors (Lipinski definition) is 2. The lowest BCUT2D eigenvalue weighted by atomic mass is 10.2. The minimum atomic E-state index is 0.610. The highest BCUT2D eigenvalue weighted by atomic mass is 15.2. The summed E-state index contributed by atoms with van der Waals surface area (Å²) < 4.78 is 0. The fourth-order valence-corrected chi connectivity index (χ4v) is 1.57. The Balaban J connectivity index is 2.20. The molecule has 0 saturated carbocycles. The molecule has 0 radical (unpaired) electrons. The van der Waals surface area contributed by atoms with Gasteiger partial charge in [-0.3, -0.25) is 4.90 Å². The minimum Gasteiger partial charge on any atom is -0.387 e. The van der Waals surface area contributed by atoms with Gasteiger partial charge < -0.3 is 10.6 Å². The fraction of sp³-hybridized carbons (Fsp3) is 0.800. The molecule has 1 aliphatic rings. The SMILES string of the molecule is C=C(C)NCC(C)N1CCNCC1. The van der Waals surface area contributed by atoms with Crippen molar-refractivity contribution >= 4 is 0 Å². The van der Waals surface area contributed by atoms with E-state index < -0.39 is 0 Å². The molecule has 1 aliphatic heterocycles. The first-order valence-electron chi connectivity index (χ1n) is 5.04. The topological polar surface area (TPSA) is 27.3 Å².